The smallest absolute Gasteiger partial charge is 0.217 e. The molecular formula is C22H37N4S+. The topological polar surface area (TPSA) is 9.72 Å². The summed E-state index contributed by atoms with van der Waals surface area (Å²) in [6.45, 7) is 2.37. The first kappa shape index (κ1) is 18.5. The standard InChI is InChI=1S/C22H37N4S/c1-26(25-15-7-11-19-9-3-5-13-21(19)25)17-16-24(22(26)27)23-14-6-10-18-8-2-4-12-20(18)23/h16-21H,2-15H2,1H3/q+1. The van der Waals surface area contributed by atoms with Gasteiger partial charge in [0.2, 0.25) is 0 Å². The van der Waals surface area contributed by atoms with Crippen LogP contribution in [0.4, 0.5) is 0 Å². The van der Waals surface area contributed by atoms with E-state index >= 15 is 0 Å². The van der Waals surface area contributed by atoms with Gasteiger partial charge in [0.15, 0.2) is 0 Å². The van der Waals surface area contributed by atoms with Crippen LogP contribution in [0.5, 0.6) is 0 Å². The zero-order valence-corrected chi connectivity index (χ0v) is 17.9. The van der Waals surface area contributed by atoms with Crippen molar-refractivity contribution < 1.29 is 4.59 Å². The molecule has 2 aliphatic carbocycles. The number of hydrazine groups is 1. The summed E-state index contributed by atoms with van der Waals surface area (Å²) in [6, 6.07) is 1.44. The fraction of sp³-hybridized carbons (Fsp3) is 0.864. The van der Waals surface area contributed by atoms with Gasteiger partial charge in [-0.3, -0.25) is 0 Å². The Morgan fingerprint density at radius 1 is 0.815 bits per heavy atom. The molecule has 0 bridgehead atoms. The summed E-state index contributed by atoms with van der Waals surface area (Å²) in [7, 11) is 2.35. The lowest BCUT2D eigenvalue weighted by molar-refractivity contribution is -0.903. The zero-order chi connectivity index (χ0) is 18.4. The highest BCUT2D eigenvalue weighted by atomic mass is 32.1. The minimum atomic E-state index is 0.713. The number of piperidine rings is 2. The Labute approximate surface area is 170 Å². The first-order chi connectivity index (χ1) is 13.2. The second-order valence-corrected chi connectivity index (χ2v) is 10.2. The highest BCUT2D eigenvalue weighted by molar-refractivity contribution is 7.79. The monoisotopic (exact) mass is 389 g/mol. The molecule has 2 saturated carbocycles. The molecule has 5 unspecified atom stereocenters. The highest BCUT2D eigenvalue weighted by Gasteiger charge is 2.51. The van der Waals surface area contributed by atoms with Gasteiger partial charge < -0.3 is 0 Å². The SMILES string of the molecule is C[N+]1(N2CCCC3CCCCC32)C=CN(N2CCCC3CCCCC32)C1=S. The van der Waals surface area contributed by atoms with Crippen molar-refractivity contribution in [2.24, 2.45) is 11.8 Å². The van der Waals surface area contributed by atoms with Crippen LogP contribution in [-0.2, 0) is 0 Å². The summed E-state index contributed by atoms with van der Waals surface area (Å²) in [5.41, 5.74) is 0. The first-order valence-corrected chi connectivity index (χ1v) is 12.0. The lowest BCUT2D eigenvalue weighted by Gasteiger charge is -2.51. The van der Waals surface area contributed by atoms with Crippen molar-refractivity contribution in [1.29, 1.82) is 0 Å². The molecule has 0 aromatic heterocycles. The van der Waals surface area contributed by atoms with E-state index in [1.807, 2.05) is 0 Å². The molecular weight excluding hydrogens is 352 g/mol. The van der Waals surface area contributed by atoms with Crippen LogP contribution in [0.1, 0.15) is 77.0 Å². The van der Waals surface area contributed by atoms with E-state index in [1.165, 1.54) is 90.1 Å². The van der Waals surface area contributed by atoms with Crippen LogP contribution in [0.25, 0.3) is 0 Å². The van der Waals surface area contributed by atoms with Gasteiger partial charge in [-0.15, -0.1) is 5.01 Å². The van der Waals surface area contributed by atoms with Crippen molar-refractivity contribution in [3.8, 4) is 0 Å². The predicted octanol–water partition coefficient (Wildman–Crippen LogP) is 4.64. The molecule has 0 radical (unpaired) electrons. The Morgan fingerprint density at radius 2 is 1.41 bits per heavy atom. The maximum atomic E-state index is 6.18. The minimum Gasteiger partial charge on any atom is -0.217 e. The van der Waals surface area contributed by atoms with Crippen LogP contribution in [0.15, 0.2) is 12.4 Å². The number of rotatable bonds is 2. The molecule has 4 fully saturated rings. The van der Waals surface area contributed by atoms with E-state index < -0.39 is 0 Å². The molecule has 5 rings (SSSR count). The molecule has 5 heteroatoms. The van der Waals surface area contributed by atoms with Gasteiger partial charge >= 0.3 is 5.11 Å². The average molecular weight is 390 g/mol. The number of hydrogen-bond acceptors (Lipinski definition) is 3. The van der Waals surface area contributed by atoms with Crippen molar-refractivity contribution >= 4 is 17.3 Å². The molecule has 0 N–H and O–H groups in total. The van der Waals surface area contributed by atoms with Gasteiger partial charge in [0.25, 0.3) is 0 Å². The Kier molecular flexibility index (Phi) is 5.08. The van der Waals surface area contributed by atoms with Gasteiger partial charge in [-0.2, -0.15) is 4.59 Å². The van der Waals surface area contributed by atoms with Gasteiger partial charge in [0.05, 0.1) is 19.3 Å². The van der Waals surface area contributed by atoms with E-state index in [2.05, 4.69) is 34.5 Å². The zero-order valence-electron chi connectivity index (χ0n) is 17.1. The molecule has 27 heavy (non-hydrogen) atoms. The summed E-state index contributed by atoms with van der Waals surface area (Å²) in [4.78, 5) is 0. The van der Waals surface area contributed by atoms with Crippen LogP contribution in [0.2, 0.25) is 0 Å². The van der Waals surface area contributed by atoms with Crippen LogP contribution >= 0.6 is 12.2 Å². The van der Waals surface area contributed by atoms with Crippen LogP contribution in [0, 0.1) is 11.8 Å². The van der Waals surface area contributed by atoms with Gasteiger partial charge in [0.1, 0.15) is 6.20 Å². The molecule has 3 aliphatic heterocycles. The maximum Gasteiger partial charge on any atom is 0.316 e. The lowest BCUT2D eigenvalue weighted by atomic mass is 9.79. The van der Waals surface area contributed by atoms with E-state index in [1.54, 1.807) is 0 Å². The van der Waals surface area contributed by atoms with Gasteiger partial charge in [-0.05, 0) is 63.2 Å². The maximum absolute atomic E-state index is 6.18. The normalized spacial score (nSPS) is 43.6. The molecule has 0 aromatic carbocycles. The number of hydrogen-bond donors (Lipinski definition) is 0. The molecule has 2 saturated heterocycles. The Bertz CT molecular complexity index is 603. The van der Waals surface area contributed by atoms with Crippen molar-refractivity contribution in [3.63, 3.8) is 0 Å². The van der Waals surface area contributed by atoms with E-state index in [0.29, 0.717) is 6.04 Å². The summed E-state index contributed by atoms with van der Waals surface area (Å²) in [5, 5.41) is 8.88. The largest absolute Gasteiger partial charge is 0.316 e. The van der Waals surface area contributed by atoms with Crippen molar-refractivity contribution in [3.05, 3.63) is 12.4 Å². The van der Waals surface area contributed by atoms with E-state index in [0.717, 1.165) is 27.6 Å². The first-order valence-electron chi connectivity index (χ1n) is 11.6. The molecule has 5 atom stereocenters. The third-order valence-corrected chi connectivity index (χ3v) is 8.88. The van der Waals surface area contributed by atoms with Crippen molar-refractivity contribution in [1.82, 2.24) is 15.0 Å². The fourth-order valence-corrected chi connectivity index (χ4v) is 7.23. The van der Waals surface area contributed by atoms with E-state index in [4.69, 9.17) is 12.2 Å². The number of quaternary nitrogens is 1. The summed E-state index contributed by atoms with van der Waals surface area (Å²) in [6.07, 6.45) is 21.4. The van der Waals surface area contributed by atoms with Gasteiger partial charge in [-0.1, -0.05) is 25.7 Å². The Morgan fingerprint density at radius 3 is 2.19 bits per heavy atom. The predicted molar refractivity (Wildman–Crippen MR) is 113 cm³/mol. The molecule has 150 valence electrons. The number of nitrogens with zero attached hydrogens (tertiary/aromatic N) is 4. The quantitative estimate of drug-likeness (QED) is 0.502. The minimum absolute atomic E-state index is 0.713. The second-order valence-electron chi connectivity index (χ2n) is 9.79. The molecule has 3 heterocycles. The molecule has 0 aromatic rings. The lowest BCUT2D eigenvalue weighted by Crippen LogP contribution is -2.66. The van der Waals surface area contributed by atoms with Crippen LogP contribution < -0.4 is 0 Å². The highest BCUT2D eigenvalue weighted by Crippen LogP contribution is 2.41. The molecule has 4 nitrogen and oxygen atoms in total. The molecule has 0 spiro atoms. The van der Waals surface area contributed by atoms with Crippen LogP contribution in [0.3, 0.4) is 0 Å². The van der Waals surface area contributed by atoms with E-state index in [-0.39, 0.29) is 0 Å². The Hall–Kier alpha value is -0.490. The van der Waals surface area contributed by atoms with Gasteiger partial charge in [-0.25, -0.2) is 10.0 Å². The Balaban J connectivity index is 1.36. The third-order valence-electron chi connectivity index (χ3n) is 8.32. The van der Waals surface area contributed by atoms with Crippen LogP contribution in [-0.4, -0.2) is 57.0 Å². The van der Waals surface area contributed by atoms with Gasteiger partial charge in [0, 0.05) is 31.3 Å². The number of thiocarbonyl (C=S) groups is 1. The average Bonchev–Trinajstić information content (AvgIpc) is 3.02. The number of fused-ring (bicyclic) bond motifs is 2. The second kappa shape index (κ2) is 7.40. The van der Waals surface area contributed by atoms with Crippen molar-refractivity contribution in [2.75, 3.05) is 20.1 Å². The summed E-state index contributed by atoms with van der Waals surface area (Å²) in [5.74, 6) is 1.78. The molecule has 0 amide bonds. The third kappa shape index (κ3) is 3.09. The fourth-order valence-electron chi connectivity index (χ4n) is 6.90. The van der Waals surface area contributed by atoms with E-state index in [9.17, 15) is 0 Å². The van der Waals surface area contributed by atoms with Crippen molar-refractivity contribution in [2.45, 2.75) is 89.1 Å². The summed E-state index contributed by atoms with van der Waals surface area (Å²) < 4.78 is 0.740. The molecule has 5 aliphatic rings. The summed E-state index contributed by atoms with van der Waals surface area (Å²) >= 11 is 6.18.